The highest BCUT2D eigenvalue weighted by Gasteiger charge is 2.20. The minimum Gasteiger partial charge on any atom is -0.379 e. The van der Waals surface area contributed by atoms with Crippen LogP contribution in [0.1, 0.15) is 24.0 Å². The van der Waals surface area contributed by atoms with Gasteiger partial charge >= 0.3 is 0 Å². The van der Waals surface area contributed by atoms with Crippen molar-refractivity contribution in [3.05, 3.63) is 65.7 Å². The Hall–Kier alpha value is -1.84. The summed E-state index contributed by atoms with van der Waals surface area (Å²) in [4.78, 5) is 5.04. The van der Waals surface area contributed by atoms with Crippen LogP contribution in [0.3, 0.4) is 0 Å². The molecule has 0 aromatic heterocycles. The van der Waals surface area contributed by atoms with Crippen molar-refractivity contribution in [3.8, 4) is 0 Å². The summed E-state index contributed by atoms with van der Waals surface area (Å²) in [5.41, 5.74) is 4.28. The molecular formula is C23H30N2O. The van der Waals surface area contributed by atoms with Gasteiger partial charge in [0.15, 0.2) is 0 Å². The zero-order valence-corrected chi connectivity index (χ0v) is 15.6. The molecule has 0 N–H and O–H groups in total. The molecule has 2 aromatic carbocycles. The zero-order valence-electron chi connectivity index (χ0n) is 15.6. The van der Waals surface area contributed by atoms with Crippen LogP contribution in [0.4, 0.5) is 5.69 Å². The molecule has 3 heteroatoms. The zero-order chi connectivity index (χ0) is 17.6. The summed E-state index contributed by atoms with van der Waals surface area (Å²) in [7, 11) is 0. The van der Waals surface area contributed by atoms with E-state index in [1.807, 2.05) is 0 Å². The van der Waals surface area contributed by atoms with E-state index in [1.54, 1.807) is 0 Å². The van der Waals surface area contributed by atoms with Crippen molar-refractivity contribution >= 4 is 5.69 Å². The minimum absolute atomic E-state index is 0.828. The van der Waals surface area contributed by atoms with Crippen molar-refractivity contribution in [2.75, 3.05) is 44.3 Å². The molecular weight excluding hydrogens is 320 g/mol. The number of piperidine rings is 1. The van der Waals surface area contributed by atoms with Gasteiger partial charge in [0, 0.05) is 38.4 Å². The van der Waals surface area contributed by atoms with E-state index < -0.39 is 0 Å². The van der Waals surface area contributed by atoms with Crippen molar-refractivity contribution in [2.45, 2.75) is 25.8 Å². The molecule has 2 aliphatic heterocycles. The first-order valence-corrected chi connectivity index (χ1v) is 10.0. The maximum absolute atomic E-state index is 5.43. The van der Waals surface area contributed by atoms with E-state index in [2.05, 4.69) is 64.4 Å². The fourth-order valence-corrected chi connectivity index (χ4v) is 4.17. The van der Waals surface area contributed by atoms with Gasteiger partial charge in [-0.25, -0.2) is 0 Å². The Bertz CT molecular complexity index is 656. The molecule has 0 unspecified atom stereocenters. The Morgan fingerprint density at radius 3 is 2.15 bits per heavy atom. The van der Waals surface area contributed by atoms with Crippen LogP contribution in [0.2, 0.25) is 0 Å². The van der Waals surface area contributed by atoms with Gasteiger partial charge in [0.2, 0.25) is 0 Å². The summed E-state index contributed by atoms with van der Waals surface area (Å²) < 4.78 is 5.43. The Labute approximate surface area is 157 Å². The molecule has 26 heavy (non-hydrogen) atoms. The summed E-state index contributed by atoms with van der Waals surface area (Å²) in [6.45, 7) is 7.25. The van der Waals surface area contributed by atoms with E-state index in [4.69, 9.17) is 4.74 Å². The number of anilines is 1. The van der Waals surface area contributed by atoms with Crippen LogP contribution in [0.25, 0.3) is 0 Å². The van der Waals surface area contributed by atoms with Crippen LogP contribution in [-0.2, 0) is 17.7 Å². The summed E-state index contributed by atoms with van der Waals surface area (Å²) >= 11 is 0. The summed E-state index contributed by atoms with van der Waals surface area (Å²) in [5.74, 6) is 0.828. The summed E-state index contributed by atoms with van der Waals surface area (Å²) in [6, 6.07) is 20.2. The van der Waals surface area contributed by atoms with Crippen molar-refractivity contribution in [3.63, 3.8) is 0 Å². The van der Waals surface area contributed by atoms with E-state index in [0.29, 0.717) is 0 Å². The molecule has 0 saturated carbocycles. The first-order chi connectivity index (χ1) is 12.9. The average molecular weight is 351 g/mol. The van der Waals surface area contributed by atoms with Crippen LogP contribution in [0, 0.1) is 5.92 Å². The lowest BCUT2D eigenvalue weighted by Gasteiger charge is -2.34. The van der Waals surface area contributed by atoms with Gasteiger partial charge in [-0.1, -0.05) is 42.5 Å². The maximum Gasteiger partial charge on any atom is 0.0594 e. The highest BCUT2D eigenvalue weighted by molar-refractivity contribution is 5.48. The topological polar surface area (TPSA) is 15.7 Å². The molecule has 2 saturated heterocycles. The lowest BCUT2D eigenvalue weighted by molar-refractivity contribution is 0.0342. The van der Waals surface area contributed by atoms with Crippen LogP contribution < -0.4 is 4.90 Å². The largest absolute Gasteiger partial charge is 0.379 e. The van der Waals surface area contributed by atoms with Crippen LogP contribution in [-0.4, -0.2) is 44.3 Å². The second-order valence-corrected chi connectivity index (χ2v) is 7.68. The minimum atomic E-state index is 0.828. The smallest absolute Gasteiger partial charge is 0.0594 e. The summed E-state index contributed by atoms with van der Waals surface area (Å²) in [6.07, 6.45) is 3.82. The molecule has 0 aliphatic carbocycles. The highest BCUT2D eigenvalue weighted by Crippen LogP contribution is 2.26. The lowest BCUT2D eigenvalue weighted by atomic mass is 9.90. The van der Waals surface area contributed by atoms with Crippen molar-refractivity contribution in [2.24, 2.45) is 5.92 Å². The predicted octanol–water partition coefficient (Wildman–Crippen LogP) is 3.98. The van der Waals surface area contributed by atoms with Crippen LogP contribution in [0.15, 0.2) is 54.6 Å². The predicted molar refractivity (Wildman–Crippen MR) is 108 cm³/mol. The third-order valence-corrected chi connectivity index (χ3v) is 5.79. The molecule has 2 fully saturated rings. The first kappa shape index (κ1) is 17.6. The van der Waals surface area contributed by atoms with Gasteiger partial charge in [0.25, 0.3) is 0 Å². The van der Waals surface area contributed by atoms with E-state index in [-0.39, 0.29) is 0 Å². The van der Waals surface area contributed by atoms with Gasteiger partial charge in [-0.3, -0.25) is 4.90 Å². The molecule has 3 nitrogen and oxygen atoms in total. The third-order valence-electron chi connectivity index (χ3n) is 5.79. The second-order valence-electron chi connectivity index (χ2n) is 7.68. The highest BCUT2D eigenvalue weighted by atomic mass is 16.5. The van der Waals surface area contributed by atoms with Gasteiger partial charge in [-0.15, -0.1) is 0 Å². The Balaban J connectivity index is 1.27. The van der Waals surface area contributed by atoms with Crippen molar-refractivity contribution < 1.29 is 4.74 Å². The molecule has 0 atom stereocenters. The van der Waals surface area contributed by atoms with E-state index >= 15 is 0 Å². The number of nitrogens with zero attached hydrogens (tertiary/aromatic N) is 2. The van der Waals surface area contributed by atoms with Gasteiger partial charge in [-0.05, 0) is 48.4 Å². The Morgan fingerprint density at radius 1 is 0.769 bits per heavy atom. The SMILES string of the molecule is c1ccc(CC2CCN(c3ccc(CN4CCOCC4)cc3)CC2)cc1. The summed E-state index contributed by atoms with van der Waals surface area (Å²) in [5, 5.41) is 0. The monoisotopic (exact) mass is 350 g/mol. The molecule has 138 valence electrons. The number of ether oxygens (including phenoxy) is 1. The molecule has 0 amide bonds. The molecule has 0 radical (unpaired) electrons. The second kappa shape index (κ2) is 8.70. The molecule has 2 aliphatic rings. The maximum atomic E-state index is 5.43. The number of morpholine rings is 1. The molecule has 0 bridgehead atoms. The van der Waals surface area contributed by atoms with Gasteiger partial charge in [0.05, 0.1) is 13.2 Å². The van der Waals surface area contributed by atoms with Crippen LogP contribution in [0.5, 0.6) is 0 Å². The average Bonchev–Trinajstić information content (AvgIpc) is 2.71. The molecule has 0 spiro atoms. The fraction of sp³-hybridized carbons (Fsp3) is 0.478. The van der Waals surface area contributed by atoms with Gasteiger partial charge in [0.1, 0.15) is 0 Å². The lowest BCUT2D eigenvalue weighted by Crippen LogP contribution is -2.35. The molecule has 2 aromatic rings. The van der Waals surface area contributed by atoms with Crippen LogP contribution >= 0.6 is 0 Å². The van der Waals surface area contributed by atoms with E-state index in [9.17, 15) is 0 Å². The number of hydrogen-bond acceptors (Lipinski definition) is 3. The normalized spacial score (nSPS) is 19.6. The first-order valence-electron chi connectivity index (χ1n) is 10.0. The molecule has 2 heterocycles. The quantitative estimate of drug-likeness (QED) is 0.811. The molecule has 4 rings (SSSR count). The fourth-order valence-electron chi connectivity index (χ4n) is 4.17. The van der Waals surface area contributed by atoms with Crippen molar-refractivity contribution in [1.82, 2.24) is 4.90 Å². The van der Waals surface area contributed by atoms with Crippen molar-refractivity contribution in [1.29, 1.82) is 0 Å². The Morgan fingerprint density at radius 2 is 1.46 bits per heavy atom. The Kier molecular flexibility index (Phi) is 5.88. The number of hydrogen-bond donors (Lipinski definition) is 0. The number of benzene rings is 2. The van der Waals surface area contributed by atoms with E-state index in [0.717, 1.165) is 38.8 Å². The standard InChI is InChI=1S/C23H30N2O/c1-2-4-20(5-3-1)18-21-10-12-25(13-11-21)23-8-6-22(7-9-23)19-24-14-16-26-17-15-24/h1-9,21H,10-19H2. The van der Waals surface area contributed by atoms with E-state index in [1.165, 1.54) is 49.2 Å². The number of rotatable bonds is 5. The third kappa shape index (κ3) is 4.66. The van der Waals surface area contributed by atoms with Gasteiger partial charge < -0.3 is 9.64 Å². The van der Waals surface area contributed by atoms with Gasteiger partial charge in [-0.2, -0.15) is 0 Å².